The maximum absolute atomic E-state index is 12.4. The topological polar surface area (TPSA) is 41.1 Å². The summed E-state index contributed by atoms with van der Waals surface area (Å²) in [5, 5.41) is 6.66. The zero-order valence-electron chi connectivity index (χ0n) is 12.0. The number of hydrogen-bond donors (Lipinski definition) is 2. The first-order chi connectivity index (χ1) is 8.67. The van der Waals surface area contributed by atoms with E-state index < -0.39 is 0 Å². The van der Waals surface area contributed by atoms with Gasteiger partial charge in [-0.15, -0.1) is 0 Å². The summed E-state index contributed by atoms with van der Waals surface area (Å²) in [6.45, 7) is 7.61. The molecule has 3 heteroatoms. The van der Waals surface area contributed by atoms with E-state index in [-0.39, 0.29) is 11.9 Å². The summed E-state index contributed by atoms with van der Waals surface area (Å²) in [7, 11) is 0. The van der Waals surface area contributed by atoms with Crippen molar-refractivity contribution in [3.05, 3.63) is 0 Å². The van der Waals surface area contributed by atoms with Gasteiger partial charge in [-0.2, -0.15) is 0 Å². The van der Waals surface area contributed by atoms with Gasteiger partial charge in [0.05, 0.1) is 6.04 Å². The van der Waals surface area contributed by atoms with Crippen molar-refractivity contribution in [2.24, 2.45) is 17.8 Å². The second-order valence-corrected chi connectivity index (χ2v) is 6.11. The van der Waals surface area contributed by atoms with E-state index in [1.54, 1.807) is 0 Å². The van der Waals surface area contributed by atoms with Gasteiger partial charge in [-0.05, 0) is 44.1 Å². The van der Waals surface area contributed by atoms with E-state index in [4.69, 9.17) is 0 Å². The number of amides is 1. The molecule has 1 amide bonds. The molecule has 18 heavy (non-hydrogen) atoms. The number of fused-ring (bicyclic) bond motifs is 1. The van der Waals surface area contributed by atoms with Gasteiger partial charge >= 0.3 is 0 Å². The summed E-state index contributed by atoms with van der Waals surface area (Å²) in [5.74, 6) is 2.20. The van der Waals surface area contributed by atoms with Crippen molar-refractivity contribution in [3.8, 4) is 0 Å². The second kappa shape index (κ2) is 6.05. The van der Waals surface area contributed by atoms with Crippen molar-refractivity contribution < 1.29 is 4.79 Å². The maximum atomic E-state index is 12.4. The van der Waals surface area contributed by atoms with Crippen molar-refractivity contribution >= 4 is 5.91 Å². The van der Waals surface area contributed by atoms with E-state index in [1.165, 1.54) is 19.3 Å². The van der Waals surface area contributed by atoms with Crippen molar-refractivity contribution in [2.75, 3.05) is 6.54 Å². The van der Waals surface area contributed by atoms with Crippen LogP contribution in [0.4, 0.5) is 0 Å². The molecule has 1 saturated heterocycles. The lowest BCUT2D eigenvalue weighted by molar-refractivity contribution is -0.124. The van der Waals surface area contributed by atoms with Crippen LogP contribution in [0.2, 0.25) is 0 Å². The molecule has 2 N–H and O–H groups in total. The molecule has 104 valence electrons. The first-order valence-electron chi connectivity index (χ1n) is 7.71. The average Bonchev–Trinajstić information content (AvgIpc) is 2.91. The van der Waals surface area contributed by atoms with Crippen LogP contribution < -0.4 is 10.6 Å². The molecule has 1 aliphatic heterocycles. The third-order valence-corrected chi connectivity index (χ3v) is 5.15. The Morgan fingerprint density at radius 1 is 1.33 bits per heavy atom. The Morgan fingerprint density at radius 3 is 2.72 bits per heavy atom. The van der Waals surface area contributed by atoms with Crippen LogP contribution in [0, 0.1) is 17.8 Å². The Labute approximate surface area is 111 Å². The highest BCUT2D eigenvalue weighted by Gasteiger charge is 2.42. The van der Waals surface area contributed by atoms with E-state index in [0.717, 1.165) is 25.3 Å². The van der Waals surface area contributed by atoms with Crippen LogP contribution in [-0.2, 0) is 4.79 Å². The van der Waals surface area contributed by atoms with E-state index in [2.05, 4.69) is 31.4 Å². The lowest BCUT2D eigenvalue weighted by Gasteiger charge is -2.25. The van der Waals surface area contributed by atoms with Crippen molar-refractivity contribution in [2.45, 2.75) is 65.0 Å². The minimum atomic E-state index is 0.0781. The molecular formula is C15H28N2O. The van der Waals surface area contributed by atoms with Gasteiger partial charge in [0.25, 0.3) is 0 Å². The summed E-state index contributed by atoms with van der Waals surface area (Å²) >= 11 is 0. The Balaban J connectivity index is 1.88. The van der Waals surface area contributed by atoms with Gasteiger partial charge in [0.15, 0.2) is 0 Å². The molecule has 0 radical (unpaired) electrons. The van der Waals surface area contributed by atoms with E-state index in [0.29, 0.717) is 17.9 Å². The van der Waals surface area contributed by atoms with Crippen LogP contribution in [0.25, 0.3) is 0 Å². The SMILES string of the molecule is CCC(CC)C(C)NC(=O)C1NCC2CCCC21. The Bertz CT molecular complexity index is 288. The first kappa shape index (κ1) is 13.9. The van der Waals surface area contributed by atoms with Gasteiger partial charge < -0.3 is 10.6 Å². The van der Waals surface area contributed by atoms with Gasteiger partial charge in [-0.1, -0.05) is 33.1 Å². The highest BCUT2D eigenvalue weighted by molar-refractivity contribution is 5.82. The van der Waals surface area contributed by atoms with Crippen LogP contribution in [-0.4, -0.2) is 24.5 Å². The zero-order valence-corrected chi connectivity index (χ0v) is 12.0. The predicted octanol–water partition coefficient (Wildman–Crippen LogP) is 2.32. The van der Waals surface area contributed by atoms with Gasteiger partial charge in [0, 0.05) is 6.04 Å². The Hall–Kier alpha value is -0.570. The minimum Gasteiger partial charge on any atom is -0.352 e. The fraction of sp³-hybridized carbons (Fsp3) is 0.933. The molecule has 0 bridgehead atoms. The molecule has 1 heterocycles. The normalized spacial score (nSPS) is 32.6. The molecule has 4 unspecified atom stereocenters. The quantitative estimate of drug-likeness (QED) is 0.788. The van der Waals surface area contributed by atoms with Gasteiger partial charge in [-0.25, -0.2) is 0 Å². The molecule has 2 rings (SSSR count). The number of rotatable bonds is 5. The monoisotopic (exact) mass is 252 g/mol. The van der Waals surface area contributed by atoms with Crippen molar-refractivity contribution in [3.63, 3.8) is 0 Å². The van der Waals surface area contributed by atoms with Crippen LogP contribution in [0.5, 0.6) is 0 Å². The maximum Gasteiger partial charge on any atom is 0.237 e. The lowest BCUT2D eigenvalue weighted by Crippen LogP contribution is -2.48. The van der Waals surface area contributed by atoms with Gasteiger partial charge in [-0.3, -0.25) is 4.79 Å². The highest BCUT2D eigenvalue weighted by atomic mass is 16.2. The third-order valence-electron chi connectivity index (χ3n) is 5.15. The van der Waals surface area contributed by atoms with Crippen LogP contribution >= 0.6 is 0 Å². The summed E-state index contributed by atoms with van der Waals surface area (Å²) in [4.78, 5) is 12.4. The lowest BCUT2D eigenvalue weighted by atomic mass is 9.92. The standard InChI is InChI=1S/C15H28N2O/c1-4-11(5-2)10(3)17-15(18)14-13-8-6-7-12(13)9-16-14/h10-14,16H,4-9H2,1-3H3,(H,17,18). The zero-order chi connectivity index (χ0) is 13.1. The Kier molecular flexibility index (Phi) is 4.66. The molecule has 0 aromatic rings. The molecule has 0 spiro atoms. The smallest absolute Gasteiger partial charge is 0.237 e. The molecule has 1 aliphatic carbocycles. The highest BCUT2D eigenvalue weighted by Crippen LogP contribution is 2.37. The molecule has 4 atom stereocenters. The molecule has 2 aliphatic rings. The van der Waals surface area contributed by atoms with Crippen LogP contribution in [0.3, 0.4) is 0 Å². The van der Waals surface area contributed by atoms with E-state index in [9.17, 15) is 4.79 Å². The summed E-state index contributed by atoms with van der Waals surface area (Å²) in [6, 6.07) is 0.379. The van der Waals surface area contributed by atoms with Gasteiger partial charge in [0.1, 0.15) is 0 Å². The Morgan fingerprint density at radius 2 is 2.06 bits per heavy atom. The van der Waals surface area contributed by atoms with Crippen LogP contribution in [0.1, 0.15) is 52.9 Å². The minimum absolute atomic E-state index is 0.0781. The third kappa shape index (κ3) is 2.71. The molecule has 2 fully saturated rings. The fourth-order valence-corrected chi connectivity index (χ4v) is 3.90. The van der Waals surface area contributed by atoms with Crippen molar-refractivity contribution in [1.29, 1.82) is 0 Å². The van der Waals surface area contributed by atoms with Crippen molar-refractivity contribution in [1.82, 2.24) is 10.6 Å². The summed E-state index contributed by atoms with van der Waals surface area (Å²) < 4.78 is 0. The first-order valence-corrected chi connectivity index (χ1v) is 7.71. The fourth-order valence-electron chi connectivity index (χ4n) is 3.90. The molecule has 0 aromatic carbocycles. The molecular weight excluding hydrogens is 224 g/mol. The average molecular weight is 252 g/mol. The summed E-state index contributed by atoms with van der Waals surface area (Å²) in [5.41, 5.74) is 0. The second-order valence-electron chi connectivity index (χ2n) is 6.11. The van der Waals surface area contributed by atoms with E-state index >= 15 is 0 Å². The van der Waals surface area contributed by atoms with Gasteiger partial charge in [0.2, 0.25) is 5.91 Å². The number of hydrogen-bond acceptors (Lipinski definition) is 2. The molecule has 0 aromatic heterocycles. The molecule has 3 nitrogen and oxygen atoms in total. The van der Waals surface area contributed by atoms with E-state index in [1.807, 2.05) is 0 Å². The summed E-state index contributed by atoms with van der Waals surface area (Å²) in [6.07, 6.45) is 6.13. The predicted molar refractivity (Wildman–Crippen MR) is 74.3 cm³/mol. The number of carbonyl (C=O) groups is 1. The number of nitrogens with one attached hydrogen (secondary N) is 2. The number of carbonyl (C=O) groups excluding carboxylic acids is 1. The largest absolute Gasteiger partial charge is 0.352 e. The molecule has 1 saturated carbocycles. The van der Waals surface area contributed by atoms with Crippen LogP contribution in [0.15, 0.2) is 0 Å².